The van der Waals surface area contributed by atoms with E-state index in [9.17, 15) is 4.79 Å². The van der Waals surface area contributed by atoms with Crippen molar-refractivity contribution in [3.05, 3.63) is 102 Å². The maximum atomic E-state index is 10.9. The predicted molar refractivity (Wildman–Crippen MR) is 118 cm³/mol. The average molecular weight is 360 g/mol. The smallest absolute Gasteiger partial charge is 0.123 e. The van der Waals surface area contributed by atoms with Crippen LogP contribution in [0.1, 0.15) is 37.0 Å². The highest BCUT2D eigenvalue weighted by atomic mass is 16.5. The molecule has 0 radical (unpaired) electrons. The summed E-state index contributed by atoms with van der Waals surface area (Å²) in [5.74, 6) is 0.530. The fourth-order valence-electron chi connectivity index (χ4n) is 2.71. The van der Waals surface area contributed by atoms with Gasteiger partial charge in [0.2, 0.25) is 0 Å². The zero-order valence-electron chi connectivity index (χ0n) is 16.5. The Labute approximate surface area is 163 Å². The van der Waals surface area contributed by atoms with Crippen LogP contribution < -0.4 is 0 Å². The minimum absolute atomic E-state index is 0.303. The van der Waals surface area contributed by atoms with E-state index in [-0.39, 0.29) is 0 Å². The van der Waals surface area contributed by atoms with Crippen molar-refractivity contribution in [1.29, 1.82) is 0 Å². The third kappa shape index (κ3) is 5.96. The molecule has 1 rings (SSSR count). The number of ether oxygens (including phenoxy) is 1. The third-order valence-corrected chi connectivity index (χ3v) is 4.08. The molecule has 0 bridgehead atoms. The molecule has 0 aliphatic rings. The number of carbonyl (C=O) groups excluding carboxylic acids is 1. The lowest BCUT2D eigenvalue weighted by Gasteiger charge is -2.17. The van der Waals surface area contributed by atoms with Crippen LogP contribution in [0.3, 0.4) is 0 Å². The van der Waals surface area contributed by atoms with Crippen molar-refractivity contribution in [2.45, 2.75) is 20.3 Å². The van der Waals surface area contributed by atoms with Crippen LogP contribution in [0.15, 0.2) is 85.7 Å². The molecule has 1 aromatic rings. The summed E-state index contributed by atoms with van der Waals surface area (Å²) in [4.78, 5) is 10.9. The van der Waals surface area contributed by atoms with Gasteiger partial charge in [-0.05, 0) is 53.3 Å². The van der Waals surface area contributed by atoms with E-state index in [2.05, 4.69) is 37.9 Å². The Morgan fingerprint density at radius 3 is 2.48 bits per heavy atom. The second-order valence-corrected chi connectivity index (χ2v) is 5.76. The number of hydrogen-bond donors (Lipinski definition) is 0. The molecule has 0 heterocycles. The van der Waals surface area contributed by atoms with Gasteiger partial charge in [-0.15, -0.1) is 0 Å². The van der Waals surface area contributed by atoms with Crippen molar-refractivity contribution in [3.63, 3.8) is 0 Å². The topological polar surface area (TPSA) is 26.3 Å². The lowest BCUT2D eigenvalue weighted by atomic mass is 9.86. The minimum atomic E-state index is 0.303. The predicted octanol–water partition coefficient (Wildman–Crippen LogP) is 6.55. The Hall–Kier alpha value is -3.13. The standard InChI is InChI=1S/C25H28O2/c1-7-12-23-13-10-15-24(21(8-2)9-3)25(23)20(5)22(14-11-18-26)17-16-19(4)27-6/h7-10,12-18H,2,4-5,11H2,1,3,6H3/b12-7-,17-16-,21-9+,22-14+. The van der Waals surface area contributed by atoms with Gasteiger partial charge in [0.05, 0.1) is 7.11 Å². The summed E-state index contributed by atoms with van der Waals surface area (Å²) in [6, 6.07) is 6.13. The summed E-state index contributed by atoms with van der Waals surface area (Å²) < 4.78 is 5.11. The van der Waals surface area contributed by atoms with Crippen LogP contribution in [0.4, 0.5) is 0 Å². The second kappa shape index (κ2) is 11.5. The summed E-state index contributed by atoms with van der Waals surface area (Å²) in [6.07, 6.45) is 14.6. The molecule has 27 heavy (non-hydrogen) atoms. The Morgan fingerprint density at radius 2 is 1.93 bits per heavy atom. The van der Waals surface area contributed by atoms with Gasteiger partial charge in [-0.25, -0.2) is 0 Å². The molecule has 0 N–H and O–H groups in total. The molecule has 0 aliphatic heterocycles. The van der Waals surface area contributed by atoms with Gasteiger partial charge in [0.25, 0.3) is 0 Å². The van der Waals surface area contributed by atoms with Crippen LogP contribution in [-0.2, 0) is 9.53 Å². The quantitative estimate of drug-likeness (QED) is 0.268. The zero-order valence-corrected chi connectivity index (χ0v) is 16.5. The van der Waals surface area contributed by atoms with Crippen LogP contribution in [-0.4, -0.2) is 13.4 Å². The highest BCUT2D eigenvalue weighted by Crippen LogP contribution is 2.34. The summed E-state index contributed by atoms with van der Waals surface area (Å²) in [6.45, 7) is 16.0. The number of allylic oxidation sites excluding steroid dienone is 9. The maximum absolute atomic E-state index is 10.9. The molecule has 0 fully saturated rings. The van der Waals surface area contributed by atoms with Gasteiger partial charge in [0.1, 0.15) is 12.0 Å². The van der Waals surface area contributed by atoms with Gasteiger partial charge >= 0.3 is 0 Å². The third-order valence-electron chi connectivity index (χ3n) is 4.08. The molecule has 0 atom stereocenters. The highest BCUT2D eigenvalue weighted by molar-refractivity contribution is 5.93. The van der Waals surface area contributed by atoms with E-state index < -0.39 is 0 Å². The van der Waals surface area contributed by atoms with E-state index in [1.807, 2.05) is 50.3 Å². The van der Waals surface area contributed by atoms with E-state index in [1.165, 1.54) is 0 Å². The van der Waals surface area contributed by atoms with Crippen molar-refractivity contribution in [3.8, 4) is 0 Å². The molecule has 2 heteroatoms. The molecule has 0 unspecified atom stereocenters. The van der Waals surface area contributed by atoms with Gasteiger partial charge < -0.3 is 9.53 Å². The fraction of sp³-hybridized carbons (Fsp3) is 0.160. The number of hydrogen-bond acceptors (Lipinski definition) is 2. The summed E-state index contributed by atoms with van der Waals surface area (Å²) in [5.41, 5.74) is 5.80. The first-order valence-corrected chi connectivity index (χ1v) is 8.83. The van der Waals surface area contributed by atoms with Gasteiger partial charge in [-0.1, -0.05) is 74.4 Å². The molecule has 0 saturated carbocycles. The number of methoxy groups -OCH3 is 1. The molecule has 0 spiro atoms. The molecular weight excluding hydrogens is 332 g/mol. The Kier molecular flexibility index (Phi) is 9.32. The van der Waals surface area contributed by atoms with Gasteiger partial charge in [-0.2, -0.15) is 0 Å². The molecule has 0 saturated heterocycles. The molecule has 2 nitrogen and oxygen atoms in total. The van der Waals surface area contributed by atoms with Crippen molar-refractivity contribution >= 4 is 23.5 Å². The number of rotatable bonds is 10. The first kappa shape index (κ1) is 21.9. The van der Waals surface area contributed by atoms with E-state index in [1.54, 1.807) is 13.2 Å². The average Bonchev–Trinajstić information content (AvgIpc) is 2.68. The van der Waals surface area contributed by atoms with Crippen LogP contribution in [0.5, 0.6) is 0 Å². The molecule has 1 aromatic carbocycles. The maximum Gasteiger partial charge on any atom is 0.123 e. The first-order chi connectivity index (χ1) is 13.0. The lowest BCUT2D eigenvalue weighted by molar-refractivity contribution is -0.107. The molecule has 0 amide bonds. The Bertz CT molecular complexity index is 830. The van der Waals surface area contributed by atoms with Crippen molar-refractivity contribution in [2.75, 3.05) is 7.11 Å². The number of aldehydes is 1. The summed E-state index contributed by atoms with van der Waals surface area (Å²) in [5, 5.41) is 0. The lowest BCUT2D eigenvalue weighted by Crippen LogP contribution is -1.98. The number of benzene rings is 1. The number of carbonyl (C=O) groups is 1. The van der Waals surface area contributed by atoms with Gasteiger partial charge in [-0.3, -0.25) is 0 Å². The fourth-order valence-corrected chi connectivity index (χ4v) is 2.71. The Balaban J connectivity index is 3.64. The van der Waals surface area contributed by atoms with E-state index >= 15 is 0 Å². The monoisotopic (exact) mass is 360 g/mol. The summed E-state index contributed by atoms with van der Waals surface area (Å²) in [7, 11) is 1.57. The molecule has 0 aromatic heterocycles. The largest absolute Gasteiger partial charge is 0.497 e. The first-order valence-electron chi connectivity index (χ1n) is 8.83. The van der Waals surface area contributed by atoms with Crippen molar-refractivity contribution < 1.29 is 9.53 Å². The van der Waals surface area contributed by atoms with Gasteiger partial charge in [0.15, 0.2) is 0 Å². The minimum Gasteiger partial charge on any atom is -0.497 e. The van der Waals surface area contributed by atoms with Crippen LogP contribution in [0.25, 0.3) is 17.2 Å². The van der Waals surface area contributed by atoms with Crippen LogP contribution in [0.2, 0.25) is 0 Å². The van der Waals surface area contributed by atoms with Gasteiger partial charge in [0, 0.05) is 6.42 Å². The second-order valence-electron chi connectivity index (χ2n) is 5.76. The highest BCUT2D eigenvalue weighted by Gasteiger charge is 2.14. The van der Waals surface area contributed by atoms with Crippen LogP contribution >= 0.6 is 0 Å². The normalized spacial score (nSPS) is 12.4. The van der Waals surface area contributed by atoms with E-state index in [4.69, 9.17) is 4.74 Å². The molecule has 0 aliphatic carbocycles. The van der Waals surface area contributed by atoms with E-state index in [0.717, 1.165) is 39.7 Å². The Morgan fingerprint density at radius 1 is 1.19 bits per heavy atom. The SMILES string of the molecule is C=C/C(=C\C)c1cccc(/C=C\C)c1C(=C)C(/C=C\C(=C)OC)=C/CC=O. The molecular formula is C25H28O2. The summed E-state index contributed by atoms with van der Waals surface area (Å²) >= 11 is 0. The molecule has 140 valence electrons. The van der Waals surface area contributed by atoms with Crippen molar-refractivity contribution in [2.24, 2.45) is 0 Å². The van der Waals surface area contributed by atoms with Crippen LogP contribution in [0, 0.1) is 0 Å². The van der Waals surface area contributed by atoms with Crippen molar-refractivity contribution in [1.82, 2.24) is 0 Å². The van der Waals surface area contributed by atoms with E-state index in [0.29, 0.717) is 12.2 Å². The zero-order chi connectivity index (χ0) is 20.2.